The Morgan fingerprint density at radius 3 is 3.05 bits per heavy atom. The highest BCUT2D eigenvalue weighted by Gasteiger charge is 2.24. The van der Waals surface area contributed by atoms with E-state index in [9.17, 15) is 0 Å². The molecule has 1 aliphatic rings. The topological polar surface area (TPSA) is 52.0 Å². The zero-order valence-electron chi connectivity index (χ0n) is 10.9. The number of hydrogen-bond acceptors (Lipinski definition) is 4. The lowest BCUT2D eigenvalue weighted by Gasteiger charge is -2.27. The normalized spacial score (nSPS) is 17.6. The number of nitrogens with zero attached hydrogens (tertiary/aromatic N) is 3. The lowest BCUT2D eigenvalue weighted by molar-refractivity contribution is 0.252. The van der Waals surface area contributed by atoms with Crippen LogP contribution in [0.3, 0.4) is 0 Å². The van der Waals surface area contributed by atoms with Crippen LogP contribution in [0.25, 0.3) is 0 Å². The molecule has 5 nitrogen and oxygen atoms in total. The van der Waals surface area contributed by atoms with Gasteiger partial charge in [0.2, 0.25) is 0 Å². The molecule has 1 N–H and O–H groups in total. The molecule has 1 atom stereocenters. The van der Waals surface area contributed by atoms with E-state index in [-0.39, 0.29) is 6.04 Å². The fraction of sp³-hybridized carbons (Fsp3) is 0.385. The van der Waals surface area contributed by atoms with Gasteiger partial charge in [0.1, 0.15) is 12.1 Å². The van der Waals surface area contributed by atoms with Crippen LogP contribution in [0.4, 0.5) is 0 Å². The van der Waals surface area contributed by atoms with Crippen LogP contribution in [0.15, 0.2) is 18.5 Å². The van der Waals surface area contributed by atoms with Crippen LogP contribution in [0.5, 0.6) is 5.75 Å². The lowest BCUT2D eigenvalue weighted by atomic mass is 10.0. The monoisotopic (exact) mass is 312 g/mol. The van der Waals surface area contributed by atoms with Gasteiger partial charge in [0, 0.05) is 30.1 Å². The first kappa shape index (κ1) is 13.7. The minimum atomic E-state index is 0.138. The van der Waals surface area contributed by atoms with E-state index < -0.39 is 0 Å². The van der Waals surface area contributed by atoms with Crippen LogP contribution in [-0.2, 0) is 13.6 Å². The summed E-state index contributed by atoms with van der Waals surface area (Å²) >= 11 is 12.2. The summed E-state index contributed by atoms with van der Waals surface area (Å²) in [7, 11) is 1.85. The van der Waals surface area contributed by atoms with Crippen molar-refractivity contribution >= 4 is 23.2 Å². The molecule has 20 heavy (non-hydrogen) atoms. The SMILES string of the molecule is Cn1cnc(CNC2CCOc3c(Cl)cc(Cl)cc32)n1. The molecular formula is C13H14Cl2N4O. The predicted molar refractivity (Wildman–Crippen MR) is 77.2 cm³/mol. The predicted octanol–water partition coefficient (Wildman–Crippen LogP) is 2.74. The number of rotatable bonds is 3. The van der Waals surface area contributed by atoms with E-state index in [0.29, 0.717) is 28.9 Å². The molecule has 2 heterocycles. The molecule has 0 saturated heterocycles. The van der Waals surface area contributed by atoms with Gasteiger partial charge in [-0.25, -0.2) is 4.98 Å². The number of hydrogen-bond donors (Lipinski definition) is 1. The van der Waals surface area contributed by atoms with Gasteiger partial charge in [-0.15, -0.1) is 0 Å². The molecule has 2 aromatic rings. The summed E-state index contributed by atoms with van der Waals surface area (Å²) in [6, 6.07) is 3.73. The molecule has 0 saturated carbocycles. The smallest absolute Gasteiger partial charge is 0.164 e. The van der Waals surface area contributed by atoms with Crippen LogP contribution < -0.4 is 10.1 Å². The third-order valence-electron chi connectivity index (χ3n) is 3.22. The van der Waals surface area contributed by atoms with Crippen molar-refractivity contribution in [3.05, 3.63) is 39.9 Å². The van der Waals surface area contributed by atoms with Gasteiger partial charge in [-0.05, 0) is 12.1 Å². The maximum Gasteiger partial charge on any atom is 0.164 e. The molecule has 0 amide bonds. The van der Waals surface area contributed by atoms with E-state index in [0.717, 1.165) is 17.8 Å². The van der Waals surface area contributed by atoms with Crippen LogP contribution in [0, 0.1) is 0 Å². The Bertz CT molecular complexity index is 629. The van der Waals surface area contributed by atoms with E-state index in [4.69, 9.17) is 27.9 Å². The molecule has 7 heteroatoms. The average molecular weight is 313 g/mol. The standard InChI is InChI=1S/C13H14Cl2N4O/c1-19-7-17-12(18-19)6-16-11-2-3-20-13-9(11)4-8(14)5-10(13)15/h4-5,7,11,16H,2-3,6H2,1H3. The Hall–Kier alpha value is -1.30. The van der Waals surface area contributed by atoms with E-state index >= 15 is 0 Å². The van der Waals surface area contributed by atoms with Gasteiger partial charge in [0.15, 0.2) is 5.82 Å². The number of nitrogens with one attached hydrogen (secondary N) is 1. The number of aryl methyl sites for hydroxylation is 1. The Morgan fingerprint density at radius 2 is 2.30 bits per heavy atom. The van der Waals surface area contributed by atoms with Crippen LogP contribution in [-0.4, -0.2) is 21.4 Å². The van der Waals surface area contributed by atoms with Gasteiger partial charge >= 0.3 is 0 Å². The minimum Gasteiger partial charge on any atom is -0.492 e. The third kappa shape index (κ3) is 2.75. The second kappa shape index (κ2) is 5.60. The Balaban J connectivity index is 1.79. The summed E-state index contributed by atoms with van der Waals surface area (Å²) in [6.07, 6.45) is 2.54. The first-order valence-corrected chi connectivity index (χ1v) is 7.08. The molecular weight excluding hydrogens is 299 g/mol. The Labute approximate surface area is 126 Å². The highest BCUT2D eigenvalue weighted by Crippen LogP contribution is 2.39. The average Bonchev–Trinajstić information content (AvgIpc) is 2.82. The van der Waals surface area contributed by atoms with Gasteiger partial charge in [0.05, 0.1) is 18.2 Å². The van der Waals surface area contributed by atoms with Gasteiger partial charge < -0.3 is 10.1 Å². The second-order valence-corrected chi connectivity index (χ2v) is 5.55. The summed E-state index contributed by atoms with van der Waals surface area (Å²) in [5, 5.41) is 8.84. The van der Waals surface area contributed by atoms with Gasteiger partial charge in [-0.2, -0.15) is 5.10 Å². The minimum absolute atomic E-state index is 0.138. The molecule has 0 spiro atoms. The highest BCUT2D eigenvalue weighted by molar-refractivity contribution is 6.35. The van der Waals surface area contributed by atoms with Gasteiger partial charge in [-0.3, -0.25) is 4.68 Å². The quantitative estimate of drug-likeness (QED) is 0.947. The molecule has 1 aliphatic heterocycles. The maximum atomic E-state index is 6.17. The summed E-state index contributed by atoms with van der Waals surface area (Å²) in [4.78, 5) is 4.20. The van der Waals surface area contributed by atoms with Crippen molar-refractivity contribution in [2.24, 2.45) is 7.05 Å². The zero-order valence-corrected chi connectivity index (χ0v) is 12.4. The van der Waals surface area contributed by atoms with E-state index in [1.54, 1.807) is 17.1 Å². The van der Waals surface area contributed by atoms with E-state index in [1.807, 2.05) is 13.1 Å². The molecule has 106 valence electrons. The number of benzene rings is 1. The second-order valence-electron chi connectivity index (χ2n) is 4.71. The van der Waals surface area contributed by atoms with E-state index in [1.165, 1.54) is 0 Å². The first-order valence-electron chi connectivity index (χ1n) is 6.33. The fourth-order valence-electron chi connectivity index (χ4n) is 2.32. The van der Waals surface area contributed by atoms with Crippen molar-refractivity contribution in [1.82, 2.24) is 20.1 Å². The van der Waals surface area contributed by atoms with Gasteiger partial charge in [0.25, 0.3) is 0 Å². The van der Waals surface area contributed by atoms with Crippen LogP contribution in [0.2, 0.25) is 10.0 Å². The summed E-state index contributed by atoms with van der Waals surface area (Å²) in [5.41, 5.74) is 0.990. The molecule has 0 bridgehead atoms. The van der Waals surface area contributed by atoms with Crippen molar-refractivity contribution in [1.29, 1.82) is 0 Å². The Morgan fingerprint density at radius 1 is 1.45 bits per heavy atom. The third-order valence-corrected chi connectivity index (χ3v) is 3.72. The zero-order chi connectivity index (χ0) is 14.1. The molecule has 0 fully saturated rings. The molecule has 1 aromatic heterocycles. The summed E-state index contributed by atoms with van der Waals surface area (Å²) in [6.45, 7) is 1.22. The van der Waals surface area contributed by atoms with Crippen molar-refractivity contribution < 1.29 is 4.74 Å². The van der Waals surface area contributed by atoms with Crippen LogP contribution >= 0.6 is 23.2 Å². The van der Waals surface area contributed by atoms with E-state index in [2.05, 4.69) is 15.4 Å². The number of halogens is 2. The molecule has 3 rings (SSSR count). The van der Waals surface area contributed by atoms with Crippen molar-refractivity contribution in [2.45, 2.75) is 19.0 Å². The highest BCUT2D eigenvalue weighted by atomic mass is 35.5. The van der Waals surface area contributed by atoms with Crippen molar-refractivity contribution in [2.75, 3.05) is 6.61 Å². The largest absolute Gasteiger partial charge is 0.492 e. The molecule has 0 radical (unpaired) electrons. The van der Waals surface area contributed by atoms with Crippen molar-refractivity contribution in [3.8, 4) is 5.75 Å². The maximum absolute atomic E-state index is 6.17. The fourth-order valence-corrected chi connectivity index (χ4v) is 2.88. The molecule has 0 aliphatic carbocycles. The van der Waals surface area contributed by atoms with Crippen molar-refractivity contribution in [3.63, 3.8) is 0 Å². The summed E-state index contributed by atoms with van der Waals surface area (Å²) < 4.78 is 7.31. The molecule has 1 unspecified atom stereocenters. The molecule has 1 aromatic carbocycles. The van der Waals surface area contributed by atoms with Gasteiger partial charge in [-0.1, -0.05) is 23.2 Å². The number of fused-ring (bicyclic) bond motifs is 1. The Kier molecular flexibility index (Phi) is 3.83. The summed E-state index contributed by atoms with van der Waals surface area (Å²) in [5.74, 6) is 1.47. The van der Waals surface area contributed by atoms with Crippen LogP contribution in [0.1, 0.15) is 23.9 Å². The number of ether oxygens (including phenoxy) is 1. The number of aromatic nitrogens is 3. The lowest BCUT2D eigenvalue weighted by Crippen LogP contribution is -2.27. The first-order chi connectivity index (χ1) is 9.63.